The second kappa shape index (κ2) is 5.44. The monoisotopic (exact) mass is 241 g/mol. The predicted molar refractivity (Wildman–Crippen MR) is 73.3 cm³/mol. The van der Waals surface area contributed by atoms with Crippen LogP contribution in [0.15, 0.2) is 30.6 Å². The van der Waals surface area contributed by atoms with Crippen molar-refractivity contribution in [1.29, 1.82) is 0 Å². The number of nitrogens with one attached hydrogen (secondary N) is 1. The smallest absolute Gasteiger partial charge is 0.0890 e. The summed E-state index contributed by atoms with van der Waals surface area (Å²) in [5, 5.41) is 3.65. The van der Waals surface area contributed by atoms with Gasteiger partial charge in [0.05, 0.1) is 11.0 Å². The first kappa shape index (κ1) is 11.6. The van der Waals surface area contributed by atoms with Crippen LogP contribution in [-0.4, -0.2) is 16.0 Å². The summed E-state index contributed by atoms with van der Waals surface area (Å²) in [6.45, 7) is 0.942. The average Bonchev–Trinajstić information content (AvgIpc) is 2.46. The molecule has 3 nitrogen and oxygen atoms in total. The van der Waals surface area contributed by atoms with Gasteiger partial charge in [-0.05, 0) is 30.5 Å². The SMILES string of the molecule is c1cnc2cc(CNC3CCCCC3)ccc2n1. The Balaban J connectivity index is 1.66. The molecule has 94 valence electrons. The molecule has 1 aliphatic rings. The maximum Gasteiger partial charge on any atom is 0.0890 e. The lowest BCUT2D eigenvalue weighted by molar-refractivity contribution is 0.372. The molecular weight excluding hydrogens is 222 g/mol. The van der Waals surface area contributed by atoms with Crippen molar-refractivity contribution in [3.05, 3.63) is 36.2 Å². The van der Waals surface area contributed by atoms with E-state index in [0.29, 0.717) is 6.04 Å². The Morgan fingerprint density at radius 1 is 1.00 bits per heavy atom. The fourth-order valence-corrected chi connectivity index (χ4v) is 2.69. The summed E-state index contributed by atoms with van der Waals surface area (Å²) in [4.78, 5) is 8.64. The van der Waals surface area contributed by atoms with Crippen LogP contribution in [0.2, 0.25) is 0 Å². The van der Waals surface area contributed by atoms with E-state index in [1.165, 1.54) is 37.7 Å². The molecule has 0 spiro atoms. The van der Waals surface area contributed by atoms with Crippen LogP contribution in [0.1, 0.15) is 37.7 Å². The number of fused-ring (bicyclic) bond motifs is 1. The summed E-state index contributed by atoms with van der Waals surface area (Å²) < 4.78 is 0. The normalized spacial score (nSPS) is 17.1. The van der Waals surface area contributed by atoms with Crippen molar-refractivity contribution in [2.75, 3.05) is 0 Å². The van der Waals surface area contributed by atoms with Crippen LogP contribution < -0.4 is 5.32 Å². The standard InChI is InChI=1S/C15H19N3/c1-2-4-13(5-3-1)18-11-12-6-7-14-15(10-12)17-9-8-16-14/h6-10,13,18H,1-5,11H2. The Morgan fingerprint density at radius 3 is 2.61 bits per heavy atom. The first-order valence-corrected chi connectivity index (χ1v) is 6.85. The van der Waals surface area contributed by atoms with Crippen LogP contribution in [0.3, 0.4) is 0 Å². The second-order valence-corrected chi connectivity index (χ2v) is 5.10. The van der Waals surface area contributed by atoms with Crippen LogP contribution in [0.5, 0.6) is 0 Å². The third-order valence-corrected chi connectivity index (χ3v) is 3.73. The van der Waals surface area contributed by atoms with Crippen LogP contribution in [-0.2, 0) is 6.54 Å². The van der Waals surface area contributed by atoms with E-state index in [-0.39, 0.29) is 0 Å². The average molecular weight is 241 g/mol. The molecule has 1 aromatic carbocycles. The van der Waals surface area contributed by atoms with Gasteiger partial charge in [-0.1, -0.05) is 25.3 Å². The fourth-order valence-electron chi connectivity index (χ4n) is 2.69. The van der Waals surface area contributed by atoms with Crippen molar-refractivity contribution in [2.24, 2.45) is 0 Å². The van der Waals surface area contributed by atoms with Crippen molar-refractivity contribution in [2.45, 2.75) is 44.7 Å². The molecular formula is C15H19N3. The maximum absolute atomic E-state index is 4.35. The van der Waals surface area contributed by atoms with Gasteiger partial charge in [0, 0.05) is 25.0 Å². The maximum atomic E-state index is 4.35. The molecule has 18 heavy (non-hydrogen) atoms. The fraction of sp³-hybridized carbons (Fsp3) is 0.467. The Bertz CT molecular complexity index is 518. The van der Waals surface area contributed by atoms with E-state index in [4.69, 9.17) is 0 Å². The number of rotatable bonds is 3. The molecule has 0 atom stereocenters. The molecule has 1 aromatic heterocycles. The lowest BCUT2D eigenvalue weighted by Crippen LogP contribution is -2.30. The summed E-state index contributed by atoms with van der Waals surface area (Å²) in [6.07, 6.45) is 10.3. The van der Waals surface area contributed by atoms with Gasteiger partial charge in [-0.15, -0.1) is 0 Å². The van der Waals surface area contributed by atoms with Crippen molar-refractivity contribution in [1.82, 2.24) is 15.3 Å². The summed E-state index contributed by atoms with van der Waals surface area (Å²) in [5.74, 6) is 0. The van der Waals surface area contributed by atoms with Gasteiger partial charge in [0.15, 0.2) is 0 Å². The van der Waals surface area contributed by atoms with Crippen LogP contribution in [0, 0.1) is 0 Å². The number of nitrogens with zero attached hydrogens (tertiary/aromatic N) is 2. The van der Waals surface area contributed by atoms with Crippen molar-refractivity contribution in [3.63, 3.8) is 0 Å². The van der Waals surface area contributed by atoms with E-state index < -0.39 is 0 Å². The van der Waals surface area contributed by atoms with E-state index in [1.54, 1.807) is 12.4 Å². The van der Waals surface area contributed by atoms with Gasteiger partial charge in [0.2, 0.25) is 0 Å². The van der Waals surface area contributed by atoms with E-state index >= 15 is 0 Å². The third-order valence-electron chi connectivity index (χ3n) is 3.73. The van der Waals surface area contributed by atoms with Gasteiger partial charge in [-0.3, -0.25) is 9.97 Å². The topological polar surface area (TPSA) is 37.8 Å². The van der Waals surface area contributed by atoms with E-state index in [0.717, 1.165) is 17.6 Å². The number of benzene rings is 1. The minimum absolute atomic E-state index is 0.705. The first-order chi connectivity index (χ1) is 8.92. The highest BCUT2D eigenvalue weighted by molar-refractivity contribution is 5.74. The molecule has 0 radical (unpaired) electrons. The van der Waals surface area contributed by atoms with E-state index in [1.807, 2.05) is 0 Å². The second-order valence-electron chi connectivity index (χ2n) is 5.10. The van der Waals surface area contributed by atoms with E-state index in [9.17, 15) is 0 Å². The minimum atomic E-state index is 0.705. The number of hydrogen-bond donors (Lipinski definition) is 1. The zero-order chi connectivity index (χ0) is 12.2. The van der Waals surface area contributed by atoms with Crippen molar-refractivity contribution < 1.29 is 0 Å². The first-order valence-electron chi connectivity index (χ1n) is 6.85. The molecule has 1 heterocycles. The molecule has 1 aliphatic carbocycles. The van der Waals surface area contributed by atoms with Crippen LogP contribution in [0.4, 0.5) is 0 Å². The van der Waals surface area contributed by atoms with Crippen LogP contribution >= 0.6 is 0 Å². The number of hydrogen-bond acceptors (Lipinski definition) is 3. The summed E-state index contributed by atoms with van der Waals surface area (Å²) in [5.41, 5.74) is 3.26. The van der Waals surface area contributed by atoms with Crippen molar-refractivity contribution >= 4 is 11.0 Å². The zero-order valence-electron chi connectivity index (χ0n) is 10.6. The lowest BCUT2D eigenvalue weighted by atomic mass is 9.95. The molecule has 1 fully saturated rings. The van der Waals surface area contributed by atoms with E-state index in [2.05, 4.69) is 33.5 Å². The summed E-state index contributed by atoms with van der Waals surface area (Å²) in [7, 11) is 0. The Kier molecular flexibility index (Phi) is 3.51. The van der Waals surface area contributed by atoms with Gasteiger partial charge in [-0.25, -0.2) is 0 Å². The highest BCUT2D eigenvalue weighted by atomic mass is 14.9. The Hall–Kier alpha value is -1.48. The molecule has 2 aromatic rings. The Morgan fingerprint density at radius 2 is 1.78 bits per heavy atom. The van der Waals surface area contributed by atoms with Gasteiger partial charge in [0.1, 0.15) is 0 Å². The largest absolute Gasteiger partial charge is 0.310 e. The van der Waals surface area contributed by atoms with Gasteiger partial charge >= 0.3 is 0 Å². The quantitative estimate of drug-likeness (QED) is 0.897. The minimum Gasteiger partial charge on any atom is -0.310 e. The Labute approximate surface area is 108 Å². The van der Waals surface area contributed by atoms with Gasteiger partial charge in [0.25, 0.3) is 0 Å². The molecule has 1 saturated carbocycles. The molecule has 3 heteroatoms. The highest BCUT2D eigenvalue weighted by Gasteiger charge is 2.12. The van der Waals surface area contributed by atoms with Gasteiger partial charge < -0.3 is 5.32 Å². The zero-order valence-corrected chi connectivity index (χ0v) is 10.6. The summed E-state index contributed by atoms with van der Waals surface area (Å²) in [6, 6.07) is 7.04. The summed E-state index contributed by atoms with van der Waals surface area (Å²) >= 11 is 0. The van der Waals surface area contributed by atoms with Crippen molar-refractivity contribution in [3.8, 4) is 0 Å². The lowest BCUT2D eigenvalue weighted by Gasteiger charge is -2.22. The molecule has 1 N–H and O–H groups in total. The molecule has 0 saturated heterocycles. The van der Waals surface area contributed by atoms with Crippen LogP contribution in [0.25, 0.3) is 11.0 Å². The number of aromatic nitrogens is 2. The predicted octanol–water partition coefficient (Wildman–Crippen LogP) is 3.05. The molecule has 0 bridgehead atoms. The molecule has 0 aliphatic heterocycles. The molecule has 3 rings (SSSR count). The molecule has 0 amide bonds. The van der Waals surface area contributed by atoms with Gasteiger partial charge in [-0.2, -0.15) is 0 Å². The third kappa shape index (κ3) is 2.67. The highest BCUT2D eigenvalue weighted by Crippen LogP contribution is 2.18. The molecule has 0 unspecified atom stereocenters.